The normalized spacial score (nSPS) is 12.8. The summed E-state index contributed by atoms with van der Waals surface area (Å²) in [5, 5.41) is 8.75. The summed E-state index contributed by atoms with van der Waals surface area (Å²) in [6, 6.07) is 16.5. The molecule has 3 nitrogen and oxygen atoms in total. The summed E-state index contributed by atoms with van der Waals surface area (Å²) in [4.78, 5) is 11.6. The van der Waals surface area contributed by atoms with Crippen LogP contribution >= 0.6 is 0 Å². The van der Waals surface area contributed by atoms with Crippen LogP contribution in [0, 0.1) is 0 Å². The fourth-order valence-electron chi connectivity index (χ4n) is 2.91. The van der Waals surface area contributed by atoms with Gasteiger partial charge in [-0.1, -0.05) is 48.5 Å². The molecule has 0 saturated carbocycles. The van der Waals surface area contributed by atoms with Crippen molar-refractivity contribution in [2.45, 2.75) is 18.8 Å². The van der Waals surface area contributed by atoms with E-state index in [4.69, 9.17) is 9.84 Å². The van der Waals surface area contributed by atoms with Gasteiger partial charge in [0.2, 0.25) is 0 Å². The highest BCUT2D eigenvalue weighted by atomic mass is 16.5. The van der Waals surface area contributed by atoms with E-state index in [-0.39, 0.29) is 24.9 Å². The van der Waals surface area contributed by atoms with Crippen molar-refractivity contribution in [1.82, 2.24) is 0 Å². The number of aliphatic hydroxyl groups is 1. The summed E-state index contributed by atoms with van der Waals surface area (Å²) in [6.07, 6.45) is 0.725. The molecule has 3 heteroatoms. The van der Waals surface area contributed by atoms with Gasteiger partial charge in [0.25, 0.3) is 0 Å². The molecule has 0 atom stereocenters. The van der Waals surface area contributed by atoms with Crippen molar-refractivity contribution >= 4 is 5.97 Å². The minimum atomic E-state index is -0.245. The third-order valence-corrected chi connectivity index (χ3v) is 3.91. The van der Waals surface area contributed by atoms with Crippen LogP contribution in [0.4, 0.5) is 0 Å². The Kier molecular flexibility index (Phi) is 4.02. The summed E-state index contributed by atoms with van der Waals surface area (Å²) >= 11 is 0. The molecule has 0 heterocycles. The van der Waals surface area contributed by atoms with E-state index >= 15 is 0 Å². The van der Waals surface area contributed by atoms with Gasteiger partial charge in [0, 0.05) is 18.9 Å². The van der Waals surface area contributed by atoms with Gasteiger partial charge in [-0.25, -0.2) is 0 Å². The van der Waals surface area contributed by atoms with E-state index in [9.17, 15) is 4.79 Å². The van der Waals surface area contributed by atoms with Gasteiger partial charge in [0.1, 0.15) is 6.61 Å². The first-order valence-electron chi connectivity index (χ1n) is 7.26. The van der Waals surface area contributed by atoms with Gasteiger partial charge in [-0.3, -0.25) is 4.79 Å². The molecule has 2 aromatic rings. The molecule has 0 fully saturated rings. The minimum Gasteiger partial charge on any atom is -0.465 e. The smallest absolute Gasteiger partial charge is 0.305 e. The van der Waals surface area contributed by atoms with Gasteiger partial charge in [0.05, 0.1) is 0 Å². The number of carbonyl (C=O) groups excluding carboxylic acids is 1. The van der Waals surface area contributed by atoms with Crippen molar-refractivity contribution in [3.63, 3.8) is 0 Å². The number of carbonyl (C=O) groups is 1. The lowest BCUT2D eigenvalue weighted by Gasteiger charge is -2.14. The molecule has 108 valence electrons. The molecular formula is C18H18O3. The Bertz CT molecular complexity index is 603. The standard InChI is InChI=1S/C18H18O3/c19-11-5-10-18(20)21-12-17-15-8-3-1-6-13(15)14-7-2-4-9-16(14)17/h1-4,6-9,17,19H,5,10-12H2. The minimum absolute atomic E-state index is 0.0181. The summed E-state index contributed by atoms with van der Waals surface area (Å²) in [7, 11) is 0. The molecule has 0 radical (unpaired) electrons. The van der Waals surface area contributed by atoms with Crippen LogP contribution in [-0.2, 0) is 9.53 Å². The SMILES string of the molecule is O=C(CCCO)OCC1c2ccccc2-c2ccccc21. The Labute approximate surface area is 124 Å². The Balaban J connectivity index is 1.81. The van der Waals surface area contributed by atoms with Crippen molar-refractivity contribution < 1.29 is 14.6 Å². The first kappa shape index (κ1) is 13.8. The van der Waals surface area contributed by atoms with Crippen LogP contribution < -0.4 is 0 Å². The Morgan fingerprint density at radius 2 is 1.57 bits per heavy atom. The number of rotatable bonds is 5. The molecule has 0 amide bonds. The predicted octanol–water partition coefficient (Wildman–Crippen LogP) is 3.11. The van der Waals surface area contributed by atoms with E-state index in [1.165, 1.54) is 22.3 Å². The molecule has 1 aliphatic rings. The predicted molar refractivity (Wildman–Crippen MR) is 81.0 cm³/mol. The zero-order valence-electron chi connectivity index (χ0n) is 11.8. The van der Waals surface area contributed by atoms with Crippen LogP contribution in [0.15, 0.2) is 48.5 Å². The highest BCUT2D eigenvalue weighted by molar-refractivity contribution is 5.79. The Morgan fingerprint density at radius 3 is 2.14 bits per heavy atom. The zero-order valence-corrected chi connectivity index (χ0v) is 11.8. The van der Waals surface area contributed by atoms with Gasteiger partial charge in [-0.2, -0.15) is 0 Å². The molecule has 0 spiro atoms. The van der Waals surface area contributed by atoms with Crippen LogP contribution in [0.5, 0.6) is 0 Å². The van der Waals surface area contributed by atoms with Crippen LogP contribution in [-0.4, -0.2) is 24.3 Å². The summed E-state index contributed by atoms with van der Waals surface area (Å²) < 4.78 is 5.39. The zero-order chi connectivity index (χ0) is 14.7. The van der Waals surface area contributed by atoms with Gasteiger partial charge in [-0.05, 0) is 28.7 Å². The molecular weight excluding hydrogens is 264 g/mol. The second-order valence-electron chi connectivity index (χ2n) is 5.24. The quantitative estimate of drug-likeness (QED) is 0.857. The topological polar surface area (TPSA) is 46.5 Å². The van der Waals surface area contributed by atoms with Crippen LogP contribution in [0.25, 0.3) is 11.1 Å². The van der Waals surface area contributed by atoms with Crippen molar-refractivity contribution in [2.24, 2.45) is 0 Å². The summed E-state index contributed by atoms with van der Waals surface area (Å²) in [5.41, 5.74) is 4.89. The fraction of sp³-hybridized carbons (Fsp3) is 0.278. The van der Waals surface area contributed by atoms with E-state index in [2.05, 4.69) is 24.3 Å². The van der Waals surface area contributed by atoms with Crippen molar-refractivity contribution in [3.8, 4) is 11.1 Å². The highest BCUT2D eigenvalue weighted by Crippen LogP contribution is 2.44. The van der Waals surface area contributed by atoms with E-state index in [1.807, 2.05) is 24.3 Å². The molecule has 0 aliphatic heterocycles. The van der Waals surface area contributed by atoms with E-state index in [1.54, 1.807) is 0 Å². The molecule has 0 aromatic heterocycles. The van der Waals surface area contributed by atoms with E-state index in [0.717, 1.165) is 0 Å². The molecule has 21 heavy (non-hydrogen) atoms. The largest absolute Gasteiger partial charge is 0.465 e. The molecule has 1 N–H and O–H groups in total. The second kappa shape index (κ2) is 6.10. The maximum absolute atomic E-state index is 11.6. The lowest BCUT2D eigenvalue weighted by atomic mass is 9.98. The second-order valence-corrected chi connectivity index (χ2v) is 5.24. The first-order chi connectivity index (χ1) is 10.3. The Hall–Kier alpha value is -2.13. The third kappa shape index (κ3) is 2.69. The van der Waals surface area contributed by atoms with Gasteiger partial charge < -0.3 is 9.84 Å². The number of esters is 1. The molecule has 0 unspecified atom stereocenters. The van der Waals surface area contributed by atoms with Crippen LogP contribution in [0.3, 0.4) is 0 Å². The number of fused-ring (bicyclic) bond motifs is 3. The molecule has 3 rings (SSSR count). The lowest BCUT2D eigenvalue weighted by Crippen LogP contribution is -2.12. The number of hydrogen-bond donors (Lipinski definition) is 1. The number of hydrogen-bond acceptors (Lipinski definition) is 3. The fourth-order valence-corrected chi connectivity index (χ4v) is 2.91. The van der Waals surface area contributed by atoms with E-state index < -0.39 is 0 Å². The summed E-state index contributed by atoms with van der Waals surface area (Å²) in [5.74, 6) is -0.138. The molecule has 0 bridgehead atoms. The number of ether oxygens (including phenoxy) is 1. The average Bonchev–Trinajstić information content (AvgIpc) is 2.85. The third-order valence-electron chi connectivity index (χ3n) is 3.91. The van der Waals surface area contributed by atoms with Crippen molar-refractivity contribution in [2.75, 3.05) is 13.2 Å². The Morgan fingerprint density at radius 1 is 1.00 bits per heavy atom. The average molecular weight is 282 g/mol. The summed E-state index contributed by atoms with van der Waals surface area (Å²) in [6.45, 7) is 0.377. The molecule has 2 aromatic carbocycles. The van der Waals surface area contributed by atoms with Crippen molar-refractivity contribution in [1.29, 1.82) is 0 Å². The maximum Gasteiger partial charge on any atom is 0.305 e. The lowest BCUT2D eigenvalue weighted by molar-refractivity contribution is -0.144. The van der Waals surface area contributed by atoms with Gasteiger partial charge in [-0.15, -0.1) is 0 Å². The van der Waals surface area contributed by atoms with Crippen molar-refractivity contribution in [3.05, 3.63) is 59.7 Å². The number of aliphatic hydroxyl groups excluding tert-OH is 1. The first-order valence-corrected chi connectivity index (χ1v) is 7.26. The monoisotopic (exact) mass is 282 g/mol. The highest BCUT2D eigenvalue weighted by Gasteiger charge is 2.28. The van der Waals surface area contributed by atoms with Crippen LogP contribution in [0.2, 0.25) is 0 Å². The van der Waals surface area contributed by atoms with Gasteiger partial charge in [0.15, 0.2) is 0 Å². The molecule has 1 aliphatic carbocycles. The van der Waals surface area contributed by atoms with Gasteiger partial charge >= 0.3 is 5.97 Å². The number of benzene rings is 2. The molecule has 0 saturated heterocycles. The maximum atomic E-state index is 11.6. The van der Waals surface area contributed by atoms with E-state index in [0.29, 0.717) is 13.0 Å². The van der Waals surface area contributed by atoms with Crippen LogP contribution in [0.1, 0.15) is 29.9 Å².